The zero-order valence-corrected chi connectivity index (χ0v) is 13.9. The fourth-order valence-electron chi connectivity index (χ4n) is 2.11. The first kappa shape index (κ1) is 17.9. The second kappa shape index (κ2) is 8.42. The van der Waals surface area contributed by atoms with Crippen molar-refractivity contribution in [3.63, 3.8) is 0 Å². The number of amides is 2. The van der Waals surface area contributed by atoms with Crippen LogP contribution in [-0.2, 0) is 9.59 Å². The van der Waals surface area contributed by atoms with Gasteiger partial charge in [0, 0.05) is 10.7 Å². The fraction of sp³-hybridized carbons (Fsp3) is 0.176. The smallest absolute Gasteiger partial charge is 0.279 e. The highest BCUT2D eigenvalue weighted by molar-refractivity contribution is 6.30. The molecule has 0 aliphatic heterocycles. The number of carbonyl (C=O) groups is 2. The third-order valence-corrected chi connectivity index (χ3v) is 3.45. The number of benzene rings is 2. The Bertz CT molecular complexity index is 722. The molecule has 2 aromatic carbocycles. The molecule has 0 bridgehead atoms. The lowest BCUT2D eigenvalue weighted by Crippen LogP contribution is -3.11. The van der Waals surface area contributed by atoms with Gasteiger partial charge < -0.3 is 15.5 Å². The van der Waals surface area contributed by atoms with Crippen LogP contribution in [0.4, 0.5) is 15.8 Å². The van der Waals surface area contributed by atoms with Gasteiger partial charge in [-0.25, -0.2) is 4.39 Å². The van der Waals surface area contributed by atoms with Gasteiger partial charge in [0.05, 0.1) is 12.7 Å². The third-order valence-electron chi connectivity index (χ3n) is 3.20. The molecule has 0 spiro atoms. The summed E-state index contributed by atoms with van der Waals surface area (Å²) in [4.78, 5) is 24.5. The van der Waals surface area contributed by atoms with E-state index in [1.165, 1.54) is 12.1 Å². The van der Waals surface area contributed by atoms with Crippen molar-refractivity contribution in [1.82, 2.24) is 0 Å². The summed E-state index contributed by atoms with van der Waals surface area (Å²) in [6.07, 6.45) is 0. The van der Waals surface area contributed by atoms with Crippen LogP contribution in [-0.4, -0.2) is 32.0 Å². The van der Waals surface area contributed by atoms with Crippen molar-refractivity contribution in [3.05, 3.63) is 59.4 Å². The van der Waals surface area contributed by atoms with Gasteiger partial charge in [-0.15, -0.1) is 0 Å². The third kappa shape index (κ3) is 5.64. The van der Waals surface area contributed by atoms with Crippen LogP contribution in [0, 0.1) is 5.82 Å². The van der Waals surface area contributed by atoms with Gasteiger partial charge in [-0.3, -0.25) is 9.59 Å². The molecular formula is C17H18ClFN3O2+. The molecule has 7 heteroatoms. The molecule has 1 atom stereocenters. The Hall–Kier alpha value is -2.44. The van der Waals surface area contributed by atoms with Crippen molar-refractivity contribution in [2.75, 3.05) is 30.8 Å². The van der Waals surface area contributed by atoms with Crippen molar-refractivity contribution >= 4 is 34.8 Å². The summed E-state index contributed by atoms with van der Waals surface area (Å²) in [5, 5.41) is 5.79. The molecule has 0 aromatic heterocycles. The molecule has 126 valence electrons. The van der Waals surface area contributed by atoms with Gasteiger partial charge in [0.25, 0.3) is 11.8 Å². The van der Waals surface area contributed by atoms with Gasteiger partial charge in [-0.2, -0.15) is 0 Å². The number of anilines is 2. The van der Waals surface area contributed by atoms with Gasteiger partial charge in [0.2, 0.25) is 0 Å². The van der Waals surface area contributed by atoms with E-state index in [-0.39, 0.29) is 30.6 Å². The number of para-hydroxylation sites is 1. The first-order chi connectivity index (χ1) is 11.4. The number of hydrogen-bond donors (Lipinski definition) is 3. The summed E-state index contributed by atoms with van der Waals surface area (Å²) in [6.45, 7) is 0.149. The molecule has 0 saturated carbocycles. The normalized spacial score (nSPS) is 11.6. The first-order valence-corrected chi connectivity index (χ1v) is 7.73. The van der Waals surface area contributed by atoms with E-state index in [0.717, 1.165) is 0 Å². The van der Waals surface area contributed by atoms with Crippen LogP contribution in [0.25, 0.3) is 0 Å². The first-order valence-electron chi connectivity index (χ1n) is 7.35. The number of quaternary nitrogens is 1. The summed E-state index contributed by atoms with van der Waals surface area (Å²) in [5.41, 5.74) is 0.758. The number of nitrogens with one attached hydrogen (secondary N) is 3. The van der Waals surface area contributed by atoms with Crippen molar-refractivity contribution in [1.29, 1.82) is 0 Å². The van der Waals surface area contributed by atoms with E-state index in [9.17, 15) is 14.0 Å². The number of rotatable bonds is 6. The minimum absolute atomic E-state index is 0.0440. The highest BCUT2D eigenvalue weighted by Crippen LogP contribution is 2.13. The maximum absolute atomic E-state index is 13.5. The number of likely N-dealkylation sites (N-methyl/N-ethyl adjacent to an activating group) is 1. The number of halogens is 2. The highest BCUT2D eigenvalue weighted by atomic mass is 35.5. The average Bonchev–Trinajstić information content (AvgIpc) is 2.51. The fourth-order valence-corrected chi connectivity index (χ4v) is 2.23. The summed E-state index contributed by atoms with van der Waals surface area (Å²) in [7, 11) is 1.71. The van der Waals surface area contributed by atoms with Gasteiger partial charge in [0.15, 0.2) is 13.1 Å². The molecule has 0 fully saturated rings. The van der Waals surface area contributed by atoms with Crippen LogP contribution >= 0.6 is 11.6 Å². The molecule has 0 saturated heterocycles. The average molecular weight is 351 g/mol. The van der Waals surface area contributed by atoms with Crippen LogP contribution in [0.15, 0.2) is 48.5 Å². The Morgan fingerprint density at radius 2 is 1.58 bits per heavy atom. The lowest BCUT2D eigenvalue weighted by molar-refractivity contribution is -0.862. The minimum atomic E-state index is -0.496. The van der Waals surface area contributed by atoms with Crippen LogP contribution in [0.1, 0.15) is 0 Å². The lowest BCUT2D eigenvalue weighted by atomic mass is 10.3. The summed E-state index contributed by atoms with van der Waals surface area (Å²) >= 11 is 5.78. The minimum Gasteiger partial charge on any atom is -0.322 e. The van der Waals surface area contributed by atoms with Gasteiger partial charge in [0.1, 0.15) is 5.82 Å². The van der Waals surface area contributed by atoms with Crippen LogP contribution < -0.4 is 15.5 Å². The second-order valence-corrected chi connectivity index (χ2v) is 5.83. The maximum Gasteiger partial charge on any atom is 0.279 e. The van der Waals surface area contributed by atoms with Crippen molar-refractivity contribution in [2.24, 2.45) is 0 Å². The molecule has 2 amide bonds. The Morgan fingerprint density at radius 3 is 2.21 bits per heavy atom. The van der Waals surface area contributed by atoms with Gasteiger partial charge in [-0.1, -0.05) is 23.7 Å². The van der Waals surface area contributed by atoms with Crippen molar-refractivity contribution < 1.29 is 18.9 Å². The van der Waals surface area contributed by atoms with E-state index in [1.807, 2.05) is 0 Å². The second-order valence-electron chi connectivity index (χ2n) is 5.39. The van der Waals surface area contributed by atoms with Gasteiger partial charge >= 0.3 is 0 Å². The van der Waals surface area contributed by atoms with Crippen molar-refractivity contribution in [3.8, 4) is 0 Å². The predicted molar refractivity (Wildman–Crippen MR) is 91.7 cm³/mol. The summed E-state index contributed by atoms with van der Waals surface area (Å²) in [5.74, 6) is -1.09. The molecular weight excluding hydrogens is 333 g/mol. The van der Waals surface area contributed by atoms with Crippen LogP contribution in [0.2, 0.25) is 5.02 Å². The molecule has 24 heavy (non-hydrogen) atoms. The maximum atomic E-state index is 13.5. The van der Waals surface area contributed by atoms with E-state index in [2.05, 4.69) is 10.6 Å². The summed E-state index contributed by atoms with van der Waals surface area (Å²) in [6, 6.07) is 12.7. The Labute approximate surface area is 144 Å². The topological polar surface area (TPSA) is 62.6 Å². The largest absolute Gasteiger partial charge is 0.322 e. The monoisotopic (exact) mass is 350 g/mol. The molecule has 0 heterocycles. The Balaban J connectivity index is 1.80. The van der Waals surface area contributed by atoms with E-state index >= 15 is 0 Å². The molecule has 3 N–H and O–H groups in total. The molecule has 5 nitrogen and oxygen atoms in total. The van der Waals surface area contributed by atoms with E-state index in [1.54, 1.807) is 43.4 Å². The SMILES string of the molecule is C[NH+](CC(=O)Nc1ccc(Cl)cc1)CC(=O)Nc1ccccc1F. The Morgan fingerprint density at radius 1 is 1.00 bits per heavy atom. The van der Waals surface area contributed by atoms with Crippen LogP contribution in [0.5, 0.6) is 0 Å². The van der Waals surface area contributed by atoms with E-state index < -0.39 is 5.82 Å². The van der Waals surface area contributed by atoms with Crippen LogP contribution in [0.3, 0.4) is 0 Å². The van der Waals surface area contributed by atoms with Crippen molar-refractivity contribution in [2.45, 2.75) is 0 Å². The molecule has 0 aliphatic carbocycles. The quantitative estimate of drug-likeness (QED) is 0.740. The zero-order chi connectivity index (χ0) is 17.5. The predicted octanol–water partition coefficient (Wildman–Crippen LogP) is 1.57. The highest BCUT2D eigenvalue weighted by Gasteiger charge is 2.15. The van der Waals surface area contributed by atoms with E-state index in [4.69, 9.17) is 11.6 Å². The molecule has 2 aromatic rings. The standard InChI is InChI=1S/C17H17ClFN3O2/c1-22(10-16(23)20-13-8-6-12(18)7-9-13)11-17(24)21-15-5-3-2-4-14(15)19/h2-9H,10-11H2,1H3,(H,20,23)(H,21,24)/p+1. The zero-order valence-electron chi connectivity index (χ0n) is 13.1. The number of carbonyl (C=O) groups excluding carboxylic acids is 2. The molecule has 1 unspecified atom stereocenters. The van der Waals surface area contributed by atoms with Gasteiger partial charge in [-0.05, 0) is 36.4 Å². The lowest BCUT2D eigenvalue weighted by Gasteiger charge is -2.14. The summed E-state index contributed by atoms with van der Waals surface area (Å²) < 4.78 is 13.5. The Kier molecular flexibility index (Phi) is 6.28. The molecule has 2 rings (SSSR count). The van der Waals surface area contributed by atoms with E-state index in [0.29, 0.717) is 15.6 Å². The number of hydrogen-bond acceptors (Lipinski definition) is 2. The molecule has 0 radical (unpaired) electrons. The molecule has 0 aliphatic rings.